The van der Waals surface area contributed by atoms with Crippen molar-refractivity contribution in [2.24, 2.45) is 0 Å². The molecule has 1 saturated heterocycles. The Morgan fingerprint density at radius 2 is 2.11 bits per heavy atom. The average Bonchev–Trinajstić information content (AvgIpc) is 1.61. The summed E-state index contributed by atoms with van der Waals surface area (Å²) in [7, 11) is 0. The highest BCUT2D eigenvalue weighted by Crippen LogP contribution is 2.13. The number of rotatable bonds is 1. The molecule has 0 radical (unpaired) electrons. The Kier molecular flexibility index (Phi) is 1.73. The molecule has 1 fully saturated rings. The minimum Gasteiger partial charge on any atom is -0.311 e. The van der Waals surface area contributed by atoms with Crippen molar-refractivity contribution in [1.82, 2.24) is 4.90 Å². The fraction of sp³-hybridized carbons (Fsp3) is 0.857. The molecule has 0 unspecified atom stereocenters. The van der Waals surface area contributed by atoms with Crippen LogP contribution in [0.25, 0.3) is 4.85 Å². The molecule has 0 saturated carbocycles. The van der Waals surface area contributed by atoms with Gasteiger partial charge in [0, 0.05) is 6.04 Å². The Labute approximate surface area is 56.3 Å². The summed E-state index contributed by atoms with van der Waals surface area (Å²) in [6, 6.07) is 0.926. The molecule has 0 spiro atoms. The van der Waals surface area contributed by atoms with E-state index >= 15 is 0 Å². The maximum atomic E-state index is 6.69. The molecule has 0 amide bonds. The van der Waals surface area contributed by atoms with E-state index in [1.165, 1.54) is 0 Å². The van der Waals surface area contributed by atoms with Crippen molar-refractivity contribution in [3.05, 3.63) is 11.4 Å². The summed E-state index contributed by atoms with van der Waals surface area (Å²) in [5.41, 5.74) is 0. The lowest BCUT2D eigenvalue weighted by atomic mass is 10.1. The second-order valence-corrected chi connectivity index (χ2v) is 2.83. The molecule has 1 rings (SSSR count). The van der Waals surface area contributed by atoms with E-state index in [9.17, 15) is 0 Å². The van der Waals surface area contributed by atoms with Gasteiger partial charge in [-0.3, -0.25) is 4.90 Å². The first-order valence-corrected chi connectivity index (χ1v) is 3.34. The molecule has 0 aromatic carbocycles. The van der Waals surface area contributed by atoms with Crippen molar-refractivity contribution < 1.29 is 0 Å². The molecular weight excluding hydrogens is 112 g/mol. The van der Waals surface area contributed by atoms with E-state index in [0.29, 0.717) is 12.1 Å². The highest BCUT2D eigenvalue weighted by molar-refractivity contribution is 4.94. The van der Waals surface area contributed by atoms with Gasteiger partial charge in [0.05, 0.1) is 13.1 Å². The minimum atomic E-state index is 0.299. The smallest absolute Gasteiger partial charge is 0.248 e. The summed E-state index contributed by atoms with van der Waals surface area (Å²) in [4.78, 5) is 5.74. The van der Waals surface area contributed by atoms with Crippen LogP contribution in [0.2, 0.25) is 0 Å². The first kappa shape index (κ1) is 6.57. The second kappa shape index (κ2) is 2.36. The fourth-order valence-electron chi connectivity index (χ4n) is 0.991. The van der Waals surface area contributed by atoms with Crippen LogP contribution in [0.3, 0.4) is 0 Å². The van der Waals surface area contributed by atoms with Gasteiger partial charge in [-0.1, -0.05) is 0 Å². The Balaban J connectivity index is 2.21. The molecular formula is C7H12N2. The molecule has 9 heavy (non-hydrogen) atoms. The Morgan fingerprint density at radius 1 is 1.56 bits per heavy atom. The summed E-state index contributed by atoms with van der Waals surface area (Å²) in [6.45, 7) is 13.0. The monoisotopic (exact) mass is 124 g/mol. The lowest BCUT2D eigenvalue weighted by Crippen LogP contribution is -2.52. The van der Waals surface area contributed by atoms with Crippen LogP contribution in [-0.4, -0.2) is 30.1 Å². The van der Waals surface area contributed by atoms with Crippen molar-refractivity contribution in [3.63, 3.8) is 0 Å². The molecule has 0 aliphatic carbocycles. The summed E-state index contributed by atoms with van der Waals surface area (Å²) >= 11 is 0. The third-order valence-electron chi connectivity index (χ3n) is 1.80. The maximum absolute atomic E-state index is 6.69. The van der Waals surface area contributed by atoms with Gasteiger partial charge in [-0.05, 0) is 13.8 Å². The highest BCUT2D eigenvalue weighted by Gasteiger charge is 2.32. The van der Waals surface area contributed by atoms with Gasteiger partial charge in [-0.15, -0.1) is 0 Å². The van der Waals surface area contributed by atoms with Gasteiger partial charge in [0.25, 0.3) is 0 Å². The van der Waals surface area contributed by atoms with E-state index in [2.05, 4.69) is 23.6 Å². The van der Waals surface area contributed by atoms with E-state index in [4.69, 9.17) is 6.57 Å². The Hall–Kier alpha value is -0.550. The van der Waals surface area contributed by atoms with Gasteiger partial charge in [-0.25, -0.2) is 6.57 Å². The van der Waals surface area contributed by atoms with Crippen molar-refractivity contribution >= 4 is 0 Å². The molecule has 0 N–H and O–H groups in total. The van der Waals surface area contributed by atoms with Gasteiger partial charge in [0.15, 0.2) is 0 Å². The van der Waals surface area contributed by atoms with Gasteiger partial charge in [0.1, 0.15) is 0 Å². The van der Waals surface area contributed by atoms with Crippen LogP contribution in [-0.2, 0) is 0 Å². The first-order chi connectivity index (χ1) is 4.24. The Bertz CT molecular complexity index is 128. The number of hydrogen-bond donors (Lipinski definition) is 0. The first-order valence-electron chi connectivity index (χ1n) is 3.34. The fourth-order valence-corrected chi connectivity index (χ4v) is 0.991. The van der Waals surface area contributed by atoms with Crippen LogP contribution in [0.5, 0.6) is 0 Å². The van der Waals surface area contributed by atoms with Gasteiger partial charge >= 0.3 is 0 Å². The Morgan fingerprint density at radius 3 is 2.44 bits per heavy atom. The van der Waals surface area contributed by atoms with Gasteiger partial charge in [-0.2, -0.15) is 0 Å². The summed E-state index contributed by atoms with van der Waals surface area (Å²) in [5, 5.41) is 0. The minimum absolute atomic E-state index is 0.299. The average molecular weight is 124 g/mol. The lowest BCUT2D eigenvalue weighted by Gasteiger charge is -2.34. The van der Waals surface area contributed by atoms with Gasteiger partial charge in [0.2, 0.25) is 6.04 Å². The van der Waals surface area contributed by atoms with Crippen LogP contribution in [0, 0.1) is 6.57 Å². The topological polar surface area (TPSA) is 7.60 Å². The molecule has 0 bridgehead atoms. The van der Waals surface area contributed by atoms with Crippen molar-refractivity contribution in [1.29, 1.82) is 0 Å². The molecule has 1 aliphatic rings. The van der Waals surface area contributed by atoms with E-state index in [-0.39, 0.29) is 0 Å². The summed E-state index contributed by atoms with van der Waals surface area (Å²) < 4.78 is 0. The quantitative estimate of drug-likeness (QED) is 0.473. The molecule has 0 aromatic heterocycles. The predicted octanol–water partition coefficient (Wildman–Crippen LogP) is 0.998. The number of nitrogens with zero attached hydrogens (tertiary/aromatic N) is 2. The zero-order valence-corrected chi connectivity index (χ0v) is 5.96. The van der Waals surface area contributed by atoms with Crippen molar-refractivity contribution in [2.75, 3.05) is 13.1 Å². The number of hydrogen-bond acceptors (Lipinski definition) is 1. The standard InChI is InChI=1S/C7H12N2/c1-6(2)9-4-7(5-9)8-3/h6-7H,4-5H2,1-2H3. The van der Waals surface area contributed by atoms with Gasteiger partial charge < -0.3 is 4.85 Å². The molecule has 0 atom stereocenters. The second-order valence-electron chi connectivity index (χ2n) is 2.83. The van der Waals surface area contributed by atoms with Crippen LogP contribution in [0.4, 0.5) is 0 Å². The van der Waals surface area contributed by atoms with Crippen LogP contribution in [0.1, 0.15) is 13.8 Å². The molecule has 1 heterocycles. The third-order valence-corrected chi connectivity index (χ3v) is 1.80. The molecule has 50 valence electrons. The predicted molar refractivity (Wildman–Crippen MR) is 37.1 cm³/mol. The zero-order chi connectivity index (χ0) is 6.85. The lowest BCUT2D eigenvalue weighted by molar-refractivity contribution is 0.129. The molecule has 0 aromatic rings. The molecule has 2 nitrogen and oxygen atoms in total. The van der Waals surface area contributed by atoms with Crippen molar-refractivity contribution in [2.45, 2.75) is 25.9 Å². The van der Waals surface area contributed by atoms with E-state index in [0.717, 1.165) is 13.1 Å². The number of likely N-dealkylation sites (tertiary alicyclic amines) is 1. The molecule has 2 heteroatoms. The molecule has 1 aliphatic heterocycles. The van der Waals surface area contributed by atoms with E-state index in [1.54, 1.807) is 0 Å². The largest absolute Gasteiger partial charge is 0.311 e. The third kappa shape index (κ3) is 1.22. The summed E-state index contributed by atoms with van der Waals surface area (Å²) in [6.07, 6.45) is 0. The van der Waals surface area contributed by atoms with Crippen molar-refractivity contribution in [3.8, 4) is 0 Å². The van der Waals surface area contributed by atoms with Crippen LogP contribution in [0.15, 0.2) is 0 Å². The van der Waals surface area contributed by atoms with Crippen LogP contribution < -0.4 is 0 Å². The maximum Gasteiger partial charge on any atom is 0.248 e. The normalized spacial score (nSPS) is 21.6. The summed E-state index contributed by atoms with van der Waals surface area (Å²) in [5.74, 6) is 0. The SMILES string of the molecule is [C-]#[N+]C1CN(C(C)C)C1. The zero-order valence-electron chi connectivity index (χ0n) is 5.96. The van der Waals surface area contributed by atoms with E-state index in [1.807, 2.05) is 0 Å². The highest BCUT2D eigenvalue weighted by atomic mass is 15.2. The van der Waals surface area contributed by atoms with E-state index < -0.39 is 0 Å². The van der Waals surface area contributed by atoms with Crippen LogP contribution >= 0.6 is 0 Å².